The average Bonchev–Trinajstić information content (AvgIpc) is 0.737. The number of benzene rings is 22. The summed E-state index contributed by atoms with van der Waals surface area (Å²) in [5.41, 5.74) is 27.8. The van der Waals surface area contributed by atoms with Crippen LogP contribution in [-0.2, 0) is 0 Å². The molecule has 0 saturated carbocycles. The van der Waals surface area contributed by atoms with Crippen molar-refractivity contribution in [2.75, 3.05) is 19.6 Å². The Morgan fingerprint density at radius 1 is 0.105 bits per heavy atom. The van der Waals surface area contributed by atoms with E-state index in [2.05, 4.69) is 529 Å². The van der Waals surface area contributed by atoms with E-state index >= 15 is 0 Å². The van der Waals surface area contributed by atoms with Gasteiger partial charge >= 0.3 is 0 Å². The largest absolute Gasteiger partial charge is 0.311 e. The van der Waals surface area contributed by atoms with Gasteiger partial charge in [-0.1, -0.05) is 358 Å². The van der Waals surface area contributed by atoms with Crippen LogP contribution in [0, 0.1) is 0 Å². The van der Waals surface area contributed by atoms with Crippen LogP contribution in [0.3, 0.4) is 0 Å². The fraction of sp³-hybridized carbons (Fsp3) is 0. The number of rotatable bonds is 18. The number of para-hydroxylation sites is 4. The van der Waals surface area contributed by atoms with E-state index in [1.807, 2.05) is 0 Å². The molecule has 124 heavy (non-hydrogen) atoms. The SMILES string of the molecule is c1ccc(-c2c3ccccc3c(-c3ccc(N(c4ccc(-c5ccc6ccccc6c5)cc4)c4ccc(N(c5ccccc5)c5ccccc5)cc4)cc3)c3ccccc23)cc1.c1ccc(-c2c3ccccc3c(-c3ccc(N(c4ccc(-c5cccc6ccccc56)cc4)c4ccc(N(c5ccccc5)c5ccccc5)cc4)cc3)c3ccccc23)cc1. The van der Waals surface area contributed by atoms with Crippen LogP contribution in [0.15, 0.2) is 510 Å². The summed E-state index contributed by atoms with van der Waals surface area (Å²) in [7, 11) is 0. The Morgan fingerprint density at radius 2 is 0.306 bits per heavy atom. The molecule has 0 fully saturated rings. The fourth-order valence-corrected chi connectivity index (χ4v) is 18.3. The van der Waals surface area contributed by atoms with E-state index in [9.17, 15) is 0 Å². The molecule has 0 spiro atoms. The molecule has 584 valence electrons. The average molecular weight is 1580 g/mol. The normalized spacial score (nSPS) is 11.2. The maximum atomic E-state index is 2.37. The highest BCUT2D eigenvalue weighted by molar-refractivity contribution is 6.23. The first kappa shape index (κ1) is 75.1. The lowest BCUT2D eigenvalue weighted by molar-refractivity contribution is 1.26. The second-order valence-electron chi connectivity index (χ2n) is 31.4. The molecule has 22 aromatic carbocycles. The molecular weight excluding hydrogens is 1500 g/mol. The van der Waals surface area contributed by atoms with Crippen molar-refractivity contribution in [2.45, 2.75) is 0 Å². The molecule has 0 aliphatic heterocycles. The predicted octanol–water partition coefficient (Wildman–Crippen LogP) is 34.2. The molecule has 0 unspecified atom stereocenters. The van der Waals surface area contributed by atoms with Crippen molar-refractivity contribution in [3.05, 3.63) is 510 Å². The first-order valence-electron chi connectivity index (χ1n) is 42.5. The zero-order chi connectivity index (χ0) is 82.5. The van der Waals surface area contributed by atoms with Gasteiger partial charge in [0.2, 0.25) is 0 Å². The van der Waals surface area contributed by atoms with E-state index in [4.69, 9.17) is 0 Å². The van der Waals surface area contributed by atoms with E-state index in [0.717, 1.165) is 68.2 Å². The van der Waals surface area contributed by atoms with Crippen molar-refractivity contribution in [2.24, 2.45) is 0 Å². The third-order valence-corrected chi connectivity index (χ3v) is 24.0. The summed E-state index contributed by atoms with van der Waals surface area (Å²) < 4.78 is 0. The van der Waals surface area contributed by atoms with Crippen LogP contribution in [0.25, 0.3) is 131 Å². The summed E-state index contributed by atoms with van der Waals surface area (Å²) >= 11 is 0. The predicted molar refractivity (Wildman–Crippen MR) is 529 cm³/mol. The third-order valence-electron chi connectivity index (χ3n) is 24.0. The highest BCUT2D eigenvalue weighted by Gasteiger charge is 2.24. The molecule has 4 nitrogen and oxygen atoms in total. The maximum absolute atomic E-state index is 2.37. The third kappa shape index (κ3) is 14.7. The smallest absolute Gasteiger partial charge is 0.0463 e. The lowest BCUT2D eigenvalue weighted by Crippen LogP contribution is -2.12. The molecule has 0 saturated heterocycles. The van der Waals surface area contributed by atoms with Gasteiger partial charge in [0.15, 0.2) is 0 Å². The topological polar surface area (TPSA) is 13.0 Å². The van der Waals surface area contributed by atoms with Gasteiger partial charge in [0.1, 0.15) is 0 Å². The van der Waals surface area contributed by atoms with Gasteiger partial charge in [-0.2, -0.15) is 0 Å². The summed E-state index contributed by atoms with van der Waals surface area (Å²) in [4.78, 5) is 9.34. The summed E-state index contributed by atoms with van der Waals surface area (Å²) in [6.45, 7) is 0. The second kappa shape index (κ2) is 33.8. The molecule has 0 aliphatic rings. The van der Waals surface area contributed by atoms with E-state index in [-0.39, 0.29) is 0 Å². The summed E-state index contributed by atoms with van der Waals surface area (Å²) in [6, 6.07) is 184. The molecular formula is C120H84N4. The second-order valence-corrected chi connectivity index (χ2v) is 31.4. The lowest BCUT2D eigenvalue weighted by atomic mass is 9.86. The van der Waals surface area contributed by atoms with Crippen LogP contribution in [0.1, 0.15) is 0 Å². The molecule has 0 atom stereocenters. The molecule has 0 aromatic heterocycles. The van der Waals surface area contributed by atoms with Crippen molar-refractivity contribution in [1.82, 2.24) is 0 Å². The van der Waals surface area contributed by atoms with Crippen molar-refractivity contribution in [1.29, 1.82) is 0 Å². The quantitative estimate of drug-likeness (QED) is 0.0794. The van der Waals surface area contributed by atoms with Crippen LogP contribution >= 0.6 is 0 Å². The number of hydrogen-bond donors (Lipinski definition) is 0. The number of hydrogen-bond acceptors (Lipinski definition) is 4. The van der Waals surface area contributed by atoms with E-state index in [1.165, 1.54) is 131 Å². The Labute approximate surface area is 723 Å². The summed E-state index contributed by atoms with van der Waals surface area (Å²) in [5.74, 6) is 0. The van der Waals surface area contributed by atoms with Gasteiger partial charge in [0.25, 0.3) is 0 Å². The van der Waals surface area contributed by atoms with Gasteiger partial charge in [0, 0.05) is 68.2 Å². The van der Waals surface area contributed by atoms with Crippen LogP contribution in [0.2, 0.25) is 0 Å². The number of anilines is 12. The Bertz CT molecular complexity index is 7320. The van der Waals surface area contributed by atoms with Crippen molar-refractivity contribution in [3.8, 4) is 66.8 Å². The Morgan fingerprint density at radius 3 is 0.613 bits per heavy atom. The van der Waals surface area contributed by atoms with Gasteiger partial charge in [-0.05, 0) is 283 Å². The number of fused-ring (bicyclic) bond motifs is 6. The fourth-order valence-electron chi connectivity index (χ4n) is 18.3. The maximum Gasteiger partial charge on any atom is 0.0463 e. The molecule has 0 bridgehead atoms. The first-order chi connectivity index (χ1) is 61.5. The molecule has 0 radical (unpaired) electrons. The Hall–Kier alpha value is -16.4. The van der Waals surface area contributed by atoms with E-state index < -0.39 is 0 Å². The molecule has 0 heterocycles. The molecule has 22 rings (SSSR count). The molecule has 0 aliphatic carbocycles. The Kier molecular flexibility index (Phi) is 20.5. The van der Waals surface area contributed by atoms with Crippen LogP contribution in [0.4, 0.5) is 68.2 Å². The van der Waals surface area contributed by atoms with Gasteiger partial charge in [-0.3, -0.25) is 0 Å². The lowest BCUT2D eigenvalue weighted by Gasteiger charge is -2.28. The van der Waals surface area contributed by atoms with Crippen molar-refractivity contribution < 1.29 is 0 Å². The highest BCUT2D eigenvalue weighted by Crippen LogP contribution is 2.49. The highest BCUT2D eigenvalue weighted by atomic mass is 15.2. The van der Waals surface area contributed by atoms with Crippen LogP contribution in [0.5, 0.6) is 0 Å². The van der Waals surface area contributed by atoms with Crippen molar-refractivity contribution in [3.63, 3.8) is 0 Å². The minimum atomic E-state index is 1.07. The minimum Gasteiger partial charge on any atom is -0.311 e. The van der Waals surface area contributed by atoms with Gasteiger partial charge in [-0.25, -0.2) is 0 Å². The Balaban J connectivity index is 0.000000152. The van der Waals surface area contributed by atoms with Gasteiger partial charge < -0.3 is 19.6 Å². The van der Waals surface area contributed by atoms with Crippen LogP contribution in [-0.4, -0.2) is 0 Å². The number of nitrogens with zero attached hydrogens (tertiary/aromatic N) is 4. The minimum absolute atomic E-state index is 1.07. The monoisotopic (exact) mass is 1580 g/mol. The zero-order valence-corrected chi connectivity index (χ0v) is 68.3. The summed E-state index contributed by atoms with van der Waals surface area (Å²) in [6.07, 6.45) is 0. The van der Waals surface area contributed by atoms with Gasteiger partial charge in [0.05, 0.1) is 0 Å². The van der Waals surface area contributed by atoms with Gasteiger partial charge in [-0.15, -0.1) is 0 Å². The van der Waals surface area contributed by atoms with E-state index in [1.54, 1.807) is 0 Å². The molecule has 0 N–H and O–H groups in total. The first-order valence-corrected chi connectivity index (χ1v) is 42.5. The van der Waals surface area contributed by atoms with E-state index in [0.29, 0.717) is 0 Å². The summed E-state index contributed by atoms with van der Waals surface area (Å²) in [5, 5.41) is 15.0. The zero-order valence-electron chi connectivity index (χ0n) is 68.3. The molecule has 22 aromatic rings. The van der Waals surface area contributed by atoms with Crippen molar-refractivity contribution >= 4 is 133 Å². The molecule has 0 amide bonds. The van der Waals surface area contributed by atoms with Crippen LogP contribution < -0.4 is 19.6 Å². The molecule has 4 heteroatoms. The standard InChI is InChI=1S/2C60H42N2/c1-4-18-45(19-5-1)59-55-26-12-14-28-57(55)60(58-29-15-13-27-56(58)59)46-33-37-50(38-34-46)62(49-35-31-44(32-36-49)54-30-16-20-43-17-10-11-25-53(43)54)52-41-39-51(40-42-52)61(47-21-6-2-7-22-47)48-23-8-3-9-24-48;1-4-17-45(18-5-1)59-55-24-12-14-26-57(55)60(58-27-15-13-25-56(58)59)46-32-36-52(37-33-46)62(51-34-30-44(31-35-51)48-29-28-43-16-10-11-19-47(43)42-48)54-40-38-53(39-41-54)61(49-20-6-2-7-21-49)50-22-8-3-9-23-50/h2*1-42H.